The highest BCUT2D eigenvalue weighted by atomic mass is 35.5. The number of aromatic nitrogens is 2. The molecule has 0 amide bonds. The van der Waals surface area contributed by atoms with Crippen molar-refractivity contribution < 1.29 is 13.2 Å². The Kier molecular flexibility index (Phi) is 3.18. The van der Waals surface area contributed by atoms with Crippen LogP contribution in [0, 0.1) is 0 Å². The number of carbonyl (C=O) groups is 1. The van der Waals surface area contributed by atoms with Crippen molar-refractivity contribution in [3.05, 3.63) is 29.2 Å². The summed E-state index contributed by atoms with van der Waals surface area (Å²) in [5.74, 6) is 0.820. The van der Waals surface area contributed by atoms with Crippen LogP contribution in [-0.2, 0) is 9.84 Å². The number of fused-ring (bicyclic) bond motifs is 1. The van der Waals surface area contributed by atoms with Gasteiger partial charge in [0.1, 0.15) is 12.1 Å². The molecule has 0 bridgehead atoms. The Balaban J connectivity index is 2.13. The lowest BCUT2D eigenvalue weighted by Gasteiger charge is -2.30. The molecule has 0 saturated carbocycles. The van der Waals surface area contributed by atoms with Crippen LogP contribution < -0.4 is 4.90 Å². The molecule has 0 aromatic carbocycles. The third-order valence-electron chi connectivity index (χ3n) is 3.42. The molecule has 0 radical (unpaired) electrons. The molecule has 1 fully saturated rings. The summed E-state index contributed by atoms with van der Waals surface area (Å²) in [6.45, 7) is 0.718. The first-order valence-electron chi connectivity index (χ1n) is 6.07. The summed E-state index contributed by atoms with van der Waals surface area (Å²) in [6.07, 6.45) is 3.91. The summed E-state index contributed by atoms with van der Waals surface area (Å²) in [4.78, 5) is 17.2. The van der Waals surface area contributed by atoms with E-state index in [1.165, 1.54) is 0 Å². The smallest absolute Gasteiger partial charge is 0.153 e. The van der Waals surface area contributed by atoms with Crippen LogP contribution in [-0.4, -0.2) is 48.7 Å². The quantitative estimate of drug-likeness (QED) is 0.775. The molecular formula is C12H12ClN3O3S. The Morgan fingerprint density at radius 3 is 2.65 bits per heavy atom. The number of imidazole rings is 1. The molecule has 20 heavy (non-hydrogen) atoms. The first-order chi connectivity index (χ1) is 9.52. The molecule has 0 aliphatic carbocycles. The van der Waals surface area contributed by atoms with Crippen LogP contribution in [0.15, 0.2) is 18.6 Å². The minimum absolute atomic E-state index is 0.0874. The Morgan fingerprint density at radius 1 is 1.30 bits per heavy atom. The molecule has 1 saturated heterocycles. The van der Waals surface area contributed by atoms with Gasteiger partial charge in [-0.15, -0.1) is 0 Å². The summed E-state index contributed by atoms with van der Waals surface area (Å²) in [6, 6.07) is 1.59. The zero-order chi connectivity index (χ0) is 14.3. The standard InChI is InChI=1S/C12H12ClN3O3S/c13-10-5-9(7-17)12(16-8-14-6-11(10)16)15-1-3-20(18,19)4-2-15/h5-8H,1-4H2. The van der Waals surface area contributed by atoms with Crippen molar-refractivity contribution in [3.8, 4) is 0 Å². The van der Waals surface area contributed by atoms with Gasteiger partial charge in [0.25, 0.3) is 0 Å². The van der Waals surface area contributed by atoms with Gasteiger partial charge in [-0.1, -0.05) is 11.6 Å². The van der Waals surface area contributed by atoms with Crippen LogP contribution >= 0.6 is 11.6 Å². The van der Waals surface area contributed by atoms with Gasteiger partial charge in [-0.05, 0) is 6.07 Å². The largest absolute Gasteiger partial charge is 0.355 e. The second kappa shape index (κ2) is 4.75. The molecule has 0 spiro atoms. The van der Waals surface area contributed by atoms with Crippen molar-refractivity contribution in [1.29, 1.82) is 0 Å². The van der Waals surface area contributed by atoms with E-state index >= 15 is 0 Å². The zero-order valence-electron chi connectivity index (χ0n) is 10.5. The van der Waals surface area contributed by atoms with E-state index in [1.54, 1.807) is 23.0 Å². The number of anilines is 1. The van der Waals surface area contributed by atoms with Crippen molar-refractivity contribution in [2.75, 3.05) is 29.5 Å². The van der Waals surface area contributed by atoms with Gasteiger partial charge in [0.2, 0.25) is 0 Å². The lowest BCUT2D eigenvalue weighted by Crippen LogP contribution is -2.41. The molecule has 3 rings (SSSR count). The third-order valence-corrected chi connectivity index (χ3v) is 5.33. The highest BCUT2D eigenvalue weighted by molar-refractivity contribution is 7.91. The van der Waals surface area contributed by atoms with E-state index in [1.807, 2.05) is 4.90 Å². The number of pyridine rings is 1. The Hall–Kier alpha value is -1.60. The minimum atomic E-state index is -2.97. The SMILES string of the molecule is O=Cc1cc(Cl)c2cncn2c1N1CCS(=O)(=O)CC1. The van der Waals surface area contributed by atoms with Gasteiger partial charge in [-0.25, -0.2) is 13.4 Å². The molecule has 0 unspecified atom stereocenters. The number of halogens is 1. The molecule has 8 heteroatoms. The first kappa shape index (κ1) is 13.4. The number of aldehydes is 1. The van der Waals surface area contributed by atoms with Gasteiger partial charge in [0, 0.05) is 13.1 Å². The zero-order valence-corrected chi connectivity index (χ0v) is 12.1. The van der Waals surface area contributed by atoms with Crippen LogP contribution in [0.3, 0.4) is 0 Å². The van der Waals surface area contributed by atoms with Gasteiger partial charge >= 0.3 is 0 Å². The van der Waals surface area contributed by atoms with Crippen LogP contribution in [0.25, 0.3) is 5.52 Å². The fourth-order valence-corrected chi connectivity index (χ4v) is 3.86. The summed E-state index contributed by atoms with van der Waals surface area (Å²) in [7, 11) is -2.97. The van der Waals surface area contributed by atoms with Gasteiger partial charge < -0.3 is 4.90 Å². The molecule has 3 heterocycles. The third kappa shape index (κ3) is 2.16. The molecule has 2 aromatic rings. The second-order valence-electron chi connectivity index (χ2n) is 4.68. The van der Waals surface area contributed by atoms with Crippen LogP contribution in [0.4, 0.5) is 5.82 Å². The van der Waals surface area contributed by atoms with E-state index in [0.29, 0.717) is 35.0 Å². The van der Waals surface area contributed by atoms with Crippen LogP contribution in [0.1, 0.15) is 10.4 Å². The van der Waals surface area contributed by atoms with E-state index in [2.05, 4.69) is 4.98 Å². The van der Waals surface area contributed by atoms with E-state index in [4.69, 9.17) is 11.6 Å². The van der Waals surface area contributed by atoms with E-state index in [-0.39, 0.29) is 11.5 Å². The summed E-state index contributed by atoms with van der Waals surface area (Å²) in [5.41, 5.74) is 1.13. The highest BCUT2D eigenvalue weighted by Crippen LogP contribution is 2.28. The number of nitrogens with zero attached hydrogens (tertiary/aromatic N) is 3. The molecule has 106 valence electrons. The predicted molar refractivity (Wildman–Crippen MR) is 76.5 cm³/mol. The lowest BCUT2D eigenvalue weighted by atomic mass is 10.2. The first-order valence-corrected chi connectivity index (χ1v) is 8.27. The van der Waals surface area contributed by atoms with Gasteiger partial charge in [-0.3, -0.25) is 9.20 Å². The fourth-order valence-electron chi connectivity index (χ4n) is 2.40. The minimum Gasteiger partial charge on any atom is -0.355 e. The summed E-state index contributed by atoms with van der Waals surface area (Å²) < 4.78 is 24.8. The molecular weight excluding hydrogens is 302 g/mol. The van der Waals surface area contributed by atoms with Gasteiger partial charge in [0.05, 0.1) is 33.8 Å². The topological polar surface area (TPSA) is 71.8 Å². The van der Waals surface area contributed by atoms with E-state index in [9.17, 15) is 13.2 Å². The monoisotopic (exact) mass is 313 g/mol. The average molecular weight is 314 g/mol. The summed E-state index contributed by atoms with van der Waals surface area (Å²) >= 11 is 6.10. The molecule has 6 nitrogen and oxygen atoms in total. The predicted octanol–water partition coefficient (Wildman–Crippen LogP) is 1.03. The van der Waals surface area contributed by atoms with E-state index in [0.717, 1.165) is 6.29 Å². The Bertz CT molecular complexity index is 771. The van der Waals surface area contributed by atoms with Crippen LogP contribution in [0.5, 0.6) is 0 Å². The van der Waals surface area contributed by atoms with E-state index < -0.39 is 9.84 Å². The van der Waals surface area contributed by atoms with Gasteiger partial charge in [0.15, 0.2) is 16.1 Å². The Morgan fingerprint density at radius 2 is 2.00 bits per heavy atom. The molecule has 1 aliphatic heterocycles. The molecule has 0 atom stereocenters. The molecule has 0 N–H and O–H groups in total. The number of sulfone groups is 1. The van der Waals surface area contributed by atoms with Gasteiger partial charge in [-0.2, -0.15) is 0 Å². The van der Waals surface area contributed by atoms with Crippen molar-refractivity contribution in [3.63, 3.8) is 0 Å². The second-order valence-corrected chi connectivity index (χ2v) is 7.39. The molecule has 1 aliphatic rings. The van der Waals surface area contributed by atoms with Crippen molar-refractivity contribution >= 4 is 39.1 Å². The van der Waals surface area contributed by atoms with Crippen LogP contribution in [0.2, 0.25) is 5.02 Å². The highest BCUT2D eigenvalue weighted by Gasteiger charge is 2.25. The number of carbonyl (C=O) groups excluding carboxylic acids is 1. The Labute approximate surface area is 120 Å². The fraction of sp³-hybridized carbons (Fsp3) is 0.333. The maximum atomic E-state index is 11.5. The summed E-state index contributed by atoms with van der Waals surface area (Å²) in [5, 5.41) is 0.443. The van der Waals surface area contributed by atoms with Crippen molar-refractivity contribution in [2.24, 2.45) is 0 Å². The number of hydrogen-bond acceptors (Lipinski definition) is 5. The number of hydrogen-bond donors (Lipinski definition) is 0. The maximum Gasteiger partial charge on any atom is 0.153 e. The van der Waals surface area contributed by atoms with Crippen molar-refractivity contribution in [1.82, 2.24) is 9.38 Å². The molecule has 2 aromatic heterocycles. The average Bonchev–Trinajstić information content (AvgIpc) is 2.89. The number of rotatable bonds is 2. The normalized spacial score (nSPS) is 18.4. The maximum absolute atomic E-state index is 11.5. The lowest BCUT2D eigenvalue weighted by molar-refractivity contribution is 0.112. The van der Waals surface area contributed by atoms with Crippen molar-refractivity contribution in [2.45, 2.75) is 0 Å².